The van der Waals surface area contributed by atoms with Crippen LogP contribution in [0.3, 0.4) is 0 Å². The molecule has 1 aliphatic heterocycles. The topological polar surface area (TPSA) is 106 Å². The van der Waals surface area contributed by atoms with Crippen LogP contribution < -0.4 is 9.64 Å². The minimum absolute atomic E-state index is 0.0481. The molecule has 29 heavy (non-hydrogen) atoms. The monoisotopic (exact) mass is 411 g/mol. The van der Waals surface area contributed by atoms with Crippen LogP contribution in [-0.2, 0) is 4.79 Å². The van der Waals surface area contributed by atoms with E-state index < -0.39 is 23.5 Å². The van der Waals surface area contributed by atoms with Crippen LogP contribution in [-0.4, -0.2) is 33.6 Å². The van der Waals surface area contributed by atoms with Crippen molar-refractivity contribution in [2.75, 3.05) is 11.5 Å². The molecule has 1 atom stereocenters. The Kier molecular flexibility index (Phi) is 4.89. The number of carbonyl (C=O) groups excluding carboxylic acids is 2. The Morgan fingerprint density at radius 1 is 1.28 bits per heavy atom. The van der Waals surface area contributed by atoms with Gasteiger partial charge in [-0.2, -0.15) is 0 Å². The summed E-state index contributed by atoms with van der Waals surface area (Å²) in [7, 11) is 0. The number of amides is 1. The first-order chi connectivity index (χ1) is 14.0. The fraction of sp³-hybridized carbons (Fsp3) is 0.200. The Morgan fingerprint density at radius 2 is 2.03 bits per heavy atom. The number of anilines is 1. The summed E-state index contributed by atoms with van der Waals surface area (Å²) < 4.78 is 10.9. The second-order valence-electron chi connectivity index (χ2n) is 6.30. The van der Waals surface area contributed by atoms with Gasteiger partial charge in [0.05, 0.1) is 18.2 Å². The van der Waals surface area contributed by atoms with Gasteiger partial charge in [0.1, 0.15) is 17.0 Å². The van der Waals surface area contributed by atoms with E-state index in [2.05, 4.69) is 10.2 Å². The zero-order valence-corrected chi connectivity index (χ0v) is 16.5. The number of hydrogen-bond acceptors (Lipinski definition) is 8. The van der Waals surface area contributed by atoms with E-state index in [-0.39, 0.29) is 16.5 Å². The maximum atomic E-state index is 13.1. The van der Waals surface area contributed by atoms with Crippen molar-refractivity contribution in [2.45, 2.75) is 19.9 Å². The summed E-state index contributed by atoms with van der Waals surface area (Å²) in [5, 5.41) is 18.6. The number of furan rings is 1. The molecule has 0 aliphatic carbocycles. The molecular weight excluding hydrogens is 394 g/mol. The van der Waals surface area contributed by atoms with E-state index in [4.69, 9.17) is 9.15 Å². The van der Waals surface area contributed by atoms with Crippen molar-refractivity contribution in [1.29, 1.82) is 0 Å². The molecule has 1 aromatic carbocycles. The van der Waals surface area contributed by atoms with Crippen LogP contribution in [0.25, 0.3) is 0 Å². The summed E-state index contributed by atoms with van der Waals surface area (Å²) in [6.45, 7) is 4.10. The zero-order chi connectivity index (χ0) is 20.5. The van der Waals surface area contributed by atoms with Gasteiger partial charge in [0.15, 0.2) is 11.5 Å². The Labute approximate surface area is 170 Å². The molecule has 0 spiro atoms. The molecule has 148 valence electrons. The number of benzene rings is 1. The van der Waals surface area contributed by atoms with Gasteiger partial charge in [-0.05, 0) is 43.7 Å². The number of rotatable bonds is 6. The van der Waals surface area contributed by atoms with E-state index in [0.29, 0.717) is 23.7 Å². The number of Topliss-reactive ketones (excluding diaryl/α,β-unsaturated/α-hetero) is 1. The van der Waals surface area contributed by atoms with Crippen molar-refractivity contribution in [1.82, 2.24) is 10.2 Å². The molecule has 0 saturated carbocycles. The van der Waals surface area contributed by atoms with Crippen molar-refractivity contribution < 1.29 is 23.8 Å². The van der Waals surface area contributed by atoms with Crippen molar-refractivity contribution in [2.24, 2.45) is 0 Å². The molecule has 3 aromatic rings. The number of hydrogen-bond donors (Lipinski definition) is 1. The molecule has 3 heterocycles. The van der Waals surface area contributed by atoms with Crippen molar-refractivity contribution in [3.05, 3.63) is 70.3 Å². The van der Waals surface area contributed by atoms with Gasteiger partial charge in [-0.1, -0.05) is 23.5 Å². The molecule has 2 aromatic heterocycles. The maximum Gasteiger partial charge on any atom is 0.296 e. The van der Waals surface area contributed by atoms with Crippen LogP contribution in [0.15, 0.2) is 57.7 Å². The summed E-state index contributed by atoms with van der Waals surface area (Å²) in [6, 6.07) is 9.28. The minimum Gasteiger partial charge on any atom is -0.503 e. The van der Waals surface area contributed by atoms with E-state index in [9.17, 15) is 14.7 Å². The Bertz CT molecular complexity index is 1090. The van der Waals surface area contributed by atoms with Gasteiger partial charge < -0.3 is 14.3 Å². The average Bonchev–Trinajstić information content (AvgIpc) is 3.44. The number of aliphatic hydroxyl groups is 1. The third-order valence-corrected chi connectivity index (χ3v) is 5.17. The molecule has 0 fully saturated rings. The fourth-order valence-corrected chi connectivity index (χ4v) is 3.81. The largest absolute Gasteiger partial charge is 0.503 e. The number of carbonyl (C=O) groups is 2. The average molecular weight is 411 g/mol. The lowest BCUT2D eigenvalue weighted by Gasteiger charge is -2.24. The third kappa shape index (κ3) is 3.29. The van der Waals surface area contributed by atoms with E-state index in [1.54, 1.807) is 37.3 Å². The highest BCUT2D eigenvalue weighted by Crippen LogP contribution is 2.42. The SMILES string of the molecule is CCOc1ccc(C2C(C(=O)c3ccc(C)o3)=C(O)C(=O)N2c2nncs2)cc1. The van der Waals surface area contributed by atoms with Gasteiger partial charge in [-0.15, -0.1) is 10.2 Å². The highest BCUT2D eigenvalue weighted by molar-refractivity contribution is 7.13. The summed E-state index contributed by atoms with van der Waals surface area (Å²) in [6.07, 6.45) is 0. The molecule has 0 saturated heterocycles. The first kappa shape index (κ1) is 18.9. The number of nitrogens with zero attached hydrogens (tertiary/aromatic N) is 3. The Balaban J connectivity index is 1.82. The number of ether oxygens (including phenoxy) is 1. The van der Waals surface area contributed by atoms with Crippen molar-refractivity contribution in [3.63, 3.8) is 0 Å². The molecule has 0 bridgehead atoms. The highest BCUT2D eigenvalue weighted by Gasteiger charge is 2.46. The molecule has 1 N–H and O–H groups in total. The normalized spacial score (nSPS) is 16.6. The van der Waals surface area contributed by atoms with E-state index in [1.807, 2.05) is 6.92 Å². The van der Waals surface area contributed by atoms with Crippen molar-refractivity contribution >= 4 is 28.2 Å². The van der Waals surface area contributed by atoms with Gasteiger partial charge in [-0.3, -0.25) is 14.5 Å². The molecule has 1 amide bonds. The molecule has 4 rings (SSSR count). The predicted octanol–water partition coefficient (Wildman–Crippen LogP) is 3.62. The summed E-state index contributed by atoms with van der Waals surface area (Å²) in [4.78, 5) is 27.3. The molecule has 1 unspecified atom stereocenters. The molecule has 9 heteroatoms. The minimum atomic E-state index is -0.871. The lowest BCUT2D eigenvalue weighted by Crippen LogP contribution is -2.31. The van der Waals surface area contributed by atoms with Crippen LogP contribution in [0.2, 0.25) is 0 Å². The number of aromatic nitrogens is 2. The molecule has 1 aliphatic rings. The fourth-order valence-electron chi connectivity index (χ4n) is 3.22. The van der Waals surface area contributed by atoms with Crippen molar-refractivity contribution in [3.8, 4) is 5.75 Å². The highest BCUT2D eigenvalue weighted by atomic mass is 32.1. The van der Waals surface area contributed by atoms with E-state index >= 15 is 0 Å². The second kappa shape index (κ2) is 7.51. The molecule has 8 nitrogen and oxygen atoms in total. The van der Waals surface area contributed by atoms with E-state index in [0.717, 1.165) is 11.3 Å². The summed E-state index contributed by atoms with van der Waals surface area (Å²) >= 11 is 1.14. The van der Waals surface area contributed by atoms with Gasteiger partial charge in [-0.25, -0.2) is 0 Å². The van der Waals surface area contributed by atoms with Crippen LogP contribution >= 0.6 is 11.3 Å². The van der Waals surface area contributed by atoms with Gasteiger partial charge >= 0.3 is 0 Å². The van der Waals surface area contributed by atoms with E-state index in [1.165, 1.54) is 16.5 Å². The van der Waals surface area contributed by atoms with Crippen LogP contribution in [0, 0.1) is 6.92 Å². The summed E-state index contributed by atoms with van der Waals surface area (Å²) in [5.74, 6) is -0.644. The first-order valence-electron chi connectivity index (χ1n) is 8.88. The standard InChI is InChI=1S/C20H17N3O5S/c1-3-27-13-7-5-12(6-8-13)16-15(17(24)14-9-4-11(2)28-14)18(25)19(26)23(16)20-22-21-10-29-20/h4-10,16,25H,3H2,1-2H3. The zero-order valence-electron chi connectivity index (χ0n) is 15.7. The van der Waals surface area contributed by atoms with Gasteiger partial charge in [0.25, 0.3) is 5.91 Å². The first-order valence-corrected chi connectivity index (χ1v) is 9.76. The summed E-state index contributed by atoms with van der Waals surface area (Å²) in [5.41, 5.74) is 2.03. The third-order valence-electron chi connectivity index (χ3n) is 4.48. The molecule has 0 radical (unpaired) electrons. The van der Waals surface area contributed by atoms with Crippen LogP contribution in [0.1, 0.15) is 34.8 Å². The number of aliphatic hydroxyl groups excluding tert-OH is 1. The molecular formula is C20H17N3O5S. The second-order valence-corrected chi connectivity index (χ2v) is 7.11. The van der Waals surface area contributed by atoms with Crippen LogP contribution in [0.4, 0.5) is 5.13 Å². The quantitative estimate of drug-likeness (QED) is 0.618. The van der Waals surface area contributed by atoms with Gasteiger partial charge in [0.2, 0.25) is 10.9 Å². The maximum absolute atomic E-state index is 13.1. The van der Waals surface area contributed by atoms with Crippen LogP contribution in [0.5, 0.6) is 5.75 Å². The van der Waals surface area contributed by atoms with Gasteiger partial charge in [0, 0.05) is 0 Å². The Hall–Kier alpha value is -3.46. The number of ketones is 1. The Morgan fingerprint density at radius 3 is 2.62 bits per heavy atom. The lowest BCUT2D eigenvalue weighted by molar-refractivity contribution is -0.117. The smallest absolute Gasteiger partial charge is 0.296 e. The number of aryl methyl sites for hydroxylation is 1. The lowest BCUT2D eigenvalue weighted by atomic mass is 9.95. The predicted molar refractivity (Wildman–Crippen MR) is 105 cm³/mol.